The van der Waals surface area contributed by atoms with Crippen molar-refractivity contribution in [3.8, 4) is 73.2 Å². The van der Waals surface area contributed by atoms with Crippen molar-refractivity contribution in [1.29, 1.82) is 0 Å². The van der Waals surface area contributed by atoms with Gasteiger partial charge in [0.25, 0.3) is 0 Å². The summed E-state index contributed by atoms with van der Waals surface area (Å²) in [5, 5.41) is 3.29. The molecule has 0 radical (unpaired) electrons. The van der Waals surface area contributed by atoms with Crippen molar-refractivity contribution in [2.75, 3.05) is 0 Å². The summed E-state index contributed by atoms with van der Waals surface area (Å²) in [6, 6.07) is 53.7. The van der Waals surface area contributed by atoms with Crippen molar-refractivity contribution in [3.05, 3.63) is 216 Å². The molecule has 0 N–H and O–H groups in total. The number of nitrogens with zero attached hydrogens (tertiary/aromatic N) is 4. The number of fused-ring (bicyclic) bond motifs is 6. The van der Waals surface area contributed by atoms with Crippen LogP contribution in [-0.2, 0) is 18.5 Å². The summed E-state index contributed by atoms with van der Waals surface area (Å²) in [6.45, 7) is 1.57. The molecule has 0 aliphatic rings. The van der Waals surface area contributed by atoms with Gasteiger partial charge in [-0.25, -0.2) is 15.0 Å². The van der Waals surface area contributed by atoms with Gasteiger partial charge in [0, 0.05) is 47.6 Å². The number of halogens is 9. The zero-order valence-electron chi connectivity index (χ0n) is 39.1. The predicted octanol–water partition coefficient (Wildman–Crippen LogP) is 18.7. The Labute approximate surface area is 425 Å². The molecule has 0 aliphatic heterocycles. The minimum Gasteiger partial charge on any atom is -0.308 e. The Kier molecular flexibility index (Phi) is 11.2. The molecule has 368 valence electrons. The van der Waals surface area contributed by atoms with E-state index in [0.29, 0.717) is 79.1 Å². The summed E-state index contributed by atoms with van der Waals surface area (Å²) in [5.41, 5.74) is 1.78. The second-order valence-electron chi connectivity index (χ2n) is 18.2. The van der Waals surface area contributed by atoms with E-state index in [4.69, 9.17) is 15.0 Å². The minimum absolute atomic E-state index is 0.0457. The van der Waals surface area contributed by atoms with Crippen LogP contribution in [0, 0.1) is 6.92 Å². The summed E-state index contributed by atoms with van der Waals surface area (Å²) in [7, 11) is 0. The number of hydrogen-bond acceptors (Lipinski definition) is 4. The minimum atomic E-state index is -5.11. The fraction of sp³-hybridized carbons (Fsp3) is 0.0656. The van der Waals surface area contributed by atoms with Crippen LogP contribution in [0.3, 0.4) is 0 Å². The molecule has 3 heterocycles. The molecule has 0 aliphatic carbocycles. The molecule has 12 rings (SSSR count). The van der Waals surface area contributed by atoms with Gasteiger partial charge in [-0.3, -0.25) is 0 Å². The van der Waals surface area contributed by atoms with Crippen LogP contribution in [0.25, 0.3) is 115 Å². The van der Waals surface area contributed by atoms with E-state index in [1.54, 1.807) is 48.6 Å². The normalized spacial score (nSPS) is 12.4. The molecule has 3 aromatic heterocycles. The van der Waals surface area contributed by atoms with Gasteiger partial charge in [0.15, 0.2) is 17.5 Å². The molecular weight excluding hydrogens is 992 g/mol. The van der Waals surface area contributed by atoms with Crippen LogP contribution < -0.4 is 0 Å². The third-order valence-corrected chi connectivity index (χ3v) is 14.5. The zero-order valence-corrected chi connectivity index (χ0v) is 39.9. The lowest BCUT2D eigenvalue weighted by Crippen LogP contribution is -2.11. The highest BCUT2D eigenvalue weighted by atomic mass is 32.1. The monoisotopic (exact) mass is 1030 g/mol. The average Bonchev–Trinajstić information content (AvgIpc) is 3.96. The van der Waals surface area contributed by atoms with E-state index in [0.717, 1.165) is 43.4 Å². The molecule has 9 aromatic carbocycles. The first kappa shape index (κ1) is 47.4. The Balaban J connectivity index is 1.19. The number of hydrogen-bond donors (Lipinski definition) is 0. The quantitative estimate of drug-likeness (QED) is 0.149. The average molecular weight is 1030 g/mol. The molecule has 0 saturated heterocycles. The van der Waals surface area contributed by atoms with Gasteiger partial charge in [-0.2, -0.15) is 39.5 Å². The van der Waals surface area contributed by atoms with Crippen molar-refractivity contribution in [3.63, 3.8) is 0 Å². The SMILES string of the molecule is Cc1cc(-c2ccc3c4ccc(-c5cc(C(F)(F)F)cc(C(F)(F)F)c5)cc4n(-c4ccc(-c5cccc6c5sc5ccccc56)cc4-c4nc(-c5ccccc5)nc(-c5ccccc5)n4)c3c2)cc(C(F)(F)F)c1. The first-order valence-corrected chi connectivity index (χ1v) is 24.3. The maximum Gasteiger partial charge on any atom is 0.416 e. The van der Waals surface area contributed by atoms with Gasteiger partial charge in [0.1, 0.15) is 0 Å². The van der Waals surface area contributed by atoms with Crippen molar-refractivity contribution in [2.24, 2.45) is 0 Å². The second-order valence-corrected chi connectivity index (χ2v) is 19.3. The van der Waals surface area contributed by atoms with Crippen molar-refractivity contribution < 1.29 is 39.5 Å². The standard InChI is InChI=1S/C61H35F9N4S/c1-34-25-40(27-42(26-34)59(62,63)64)37-19-22-46-47-23-20-38(41-28-43(60(65,66)67)33-44(29-41)61(68,69)70)32-53(47)74(52(46)31-37)51-24-21-39(45-16-10-17-49-48-15-8-9-18-54(48)75-55(45)49)30-50(51)58-72-56(35-11-4-2-5-12-35)71-57(73-58)36-13-6-3-7-14-36/h2-33H,1H3. The maximum absolute atomic E-state index is 14.3. The van der Waals surface area contributed by atoms with E-state index >= 15 is 0 Å². The maximum atomic E-state index is 14.3. The van der Waals surface area contributed by atoms with E-state index < -0.39 is 35.2 Å². The second kappa shape index (κ2) is 17.8. The lowest BCUT2D eigenvalue weighted by molar-refractivity contribution is -0.143. The van der Waals surface area contributed by atoms with Crippen LogP contribution in [0.5, 0.6) is 0 Å². The number of benzene rings is 9. The molecule has 75 heavy (non-hydrogen) atoms. The fourth-order valence-electron chi connectivity index (χ4n) is 9.85. The third-order valence-electron chi connectivity index (χ3n) is 13.3. The van der Waals surface area contributed by atoms with Crippen LogP contribution in [0.2, 0.25) is 0 Å². The Bertz CT molecular complexity index is 4120. The molecule has 0 saturated carbocycles. The Morgan fingerprint density at radius 3 is 1.43 bits per heavy atom. The van der Waals surface area contributed by atoms with Gasteiger partial charge >= 0.3 is 18.5 Å². The van der Waals surface area contributed by atoms with Gasteiger partial charge in [0.2, 0.25) is 0 Å². The summed E-state index contributed by atoms with van der Waals surface area (Å²) in [5.74, 6) is 0.921. The Morgan fingerprint density at radius 1 is 0.360 bits per heavy atom. The van der Waals surface area contributed by atoms with Gasteiger partial charge in [-0.05, 0) is 107 Å². The number of thiophene rings is 1. The molecule has 0 atom stereocenters. The molecule has 0 unspecified atom stereocenters. The van der Waals surface area contributed by atoms with Gasteiger partial charge in [-0.15, -0.1) is 11.3 Å². The molecule has 12 aromatic rings. The highest BCUT2D eigenvalue weighted by Crippen LogP contribution is 2.46. The zero-order chi connectivity index (χ0) is 52.0. The van der Waals surface area contributed by atoms with Crippen LogP contribution in [0.15, 0.2) is 194 Å². The van der Waals surface area contributed by atoms with Gasteiger partial charge in [0.05, 0.1) is 33.4 Å². The molecule has 0 fully saturated rings. The van der Waals surface area contributed by atoms with Gasteiger partial charge in [-0.1, -0.05) is 133 Å². The van der Waals surface area contributed by atoms with Crippen molar-refractivity contribution in [1.82, 2.24) is 19.5 Å². The molecule has 0 bridgehead atoms. The van der Waals surface area contributed by atoms with E-state index in [-0.39, 0.29) is 28.6 Å². The third kappa shape index (κ3) is 8.74. The first-order valence-electron chi connectivity index (χ1n) is 23.4. The Hall–Kier alpha value is -8.62. The smallest absolute Gasteiger partial charge is 0.308 e. The Morgan fingerprint density at radius 2 is 0.853 bits per heavy atom. The van der Waals surface area contributed by atoms with E-state index in [9.17, 15) is 39.5 Å². The van der Waals surface area contributed by atoms with Crippen molar-refractivity contribution >= 4 is 53.3 Å². The van der Waals surface area contributed by atoms with E-state index in [2.05, 4.69) is 18.2 Å². The lowest BCUT2D eigenvalue weighted by Gasteiger charge is -2.17. The molecule has 0 amide bonds. The van der Waals surface area contributed by atoms with E-state index in [1.807, 2.05) is 108 Å². The topological polar surface area (TPSA) is 43.6 Å². The predicted molar refractivity (Wildman–Crippen MR) is 279 cm³/mol. The fourth-order valence-corrected chi connectivity index (χ4v) is 11.1. The largest absolute Gasteiger partial charge is 0.416 e. The molecule has 4 nitrogen and oxygen atoms in total. The highest BCUT2D eigenvalue weighted by Gasteiger charge is 2.37. The summed E-state index contributed by atoms with van der Waals surface area (Å²) >= 11 is 1.64. The number of aryl methyl sites for hydroxylation is 1. The molecular formula is C61H35F9N4S. The van der Waals surface area contributed by atoms with Crippen LogP contribution in [0.4, 0.5) is 39.5 Å². The summed E-state index contributed by atoms with van der Waals surface area (Å²) < 4.78 is 133. The van der Waals surface area contributed by atoms with Crippen LogP contribution in [-0.4, -0.2) is 19.5 Å². The molecule has 14 heteroatoms. The number of aromatic nitrogens is 4. The summed E-state index contributed by atoms with van der Waals surface area (Å²) in [6.07, 6.45) is -14.9. The highest BCUT2D eigenvalue weighted by molar-refractivity contribution is 7.26. The first-order chi connectivity index (χ1) is 35.9. The van der Waals surface area contributed by atoms with Gasteiger partial charge < -0.3 is 4.57 Å². The van der Waals surface area contributed by atoms with E-state index in [1.165, 1.54) is 12.1 Å². The number of alkyl halides is 9. The van der Waals surface area contributed by atoms with Crippen LogP contribution >= 0.6 is 11.3 Å². The molecule has 0 spiro atoms. The van der Waals surface area contributed by atoms with Crippen LogP contribution in [0.1, 0.15) is 22.3 Å². The lowest BCUT2D eigenvalue weighted by atomic mass is 9.97. The summed E-state index contributed by atoms with van der Waals surface area (Å²) in [4.78, 5) is 15.2. The number of rotatable bonds is 7. The van der Waals surface area contributed by atoms with Crippen molar-refractivity contribution in [2.45, 2.75) is 25.5 Å².